The number of anilines is 1. The number of nitrogens with zero attached hydrogens (tertiary/aromatic N) is 7. The number of hydrogen-bond acceptors (Lipinski definition) is 10. The summed E-state index contributed by atoms with van der Waals surface area (Å²) in [5, 5.41) is 10.6. The number of phenolic OH excluding ortho intramolecular Hbond substituents is 1. The van der Waals surface area contributed by atoms with E-state index in [0.717, 1.165) is 10.6 Å². The standard InChI is InChI=1S/C30H31F2N7O5/c1-15(2)22-27(34-10-9-33-22)39-26-20-24(21(32)23(35-26)19-17(31)7-6-8-18(19)40)43-14-16-13-37(29(42)44-30(3,4)5)11-12-38(16)25(20)36-28(39)41/h6-10,15-16,40H,11-14H2,1-5H3/t16-/m1/s1. The van der Waals surface area contributed by atoms with Crippen molar-refractivity contribution in [3.63, 3.8) is 0 Å². The number of amides is 1. The van der Waals surface area contributed by atoms with Crippen LogP contribution in [0.3, 0.4) is 0 Å². The molecule has 2 aliphatic heterocycles. The molecule has 1 amide bonds. The van der Waals surface area contributed by atoms with Gasteiger partial charge < -0.3 is 24.4 Å². The van der Waals surface area contributed by atoms with Gasteiger partial charge in [-0.2, -0.15) is 4.98 Å². The largest absolute Gasteiger partial charge is 0.507 e. The number of piperazine rings is 1. The number of carbonyl (C=O) groups excluding carboxylic acids is 1. The van der Waals surface area contributed by atoms with Crippen molar-refractivity contribution in [1.29, 1.82) is 0 Å². The van der Waals surface area contributed by atoms with Crippen molar-refractivity contribution in [2.45, 2.75) is 52.2 Å². The van der Waals surface area contributed by atoms with E-state index in [1.165, 1.54) is 29.4 Å². The molecule has 0 saturated carbocycles. The molecular formula is C30H31F2N7O5. The average molecular weight is 608 g/mol. The molecule has 12 nitrogen and oxygen atoms in total. The first kappa shape index (κ1) is 29.2. The van der Waals surface area contributed by atoms with E-state index in [-0.39, 0.29) is 60.6 Å². The number of hydrogen-bond donors (Lipinski definition) is 1. The summed E-state index contributed by atoms with van der Waals surface area (Å²) in [6, 6.07) is 3.01. The molecule has 230 valence electrons. The second kappa shape index (κ2) is 10.7. The summed E-state index contributed by atoms with van der Waals surface area (Å²) in [7, 11) is 0. The Hall–Kier alpha value is -4.88. The maximum atomic E-state index is 16.4. The van der Waals surface area contributed by atoms with Gasteiger partial charge in [0, 0.05) is 32.0 Å². The highest BCUT2D eigenvalue weighted by Gasteiger charge is 2.39. The van der Waals surface area contributed by atoms with Gasteiger partial charge in [0.2, 0.25) is 0 Å². The molecule has 1 atom stereocenters. The number of pyridine rings is 1. The van der Waals surface area contributed by atoms with Gasteiger partial charge in [-0.15, -0.1) is 0 Å². The lowest BCUT2D eigenvalue weighted by Gasteiger charge is -2.41. The Morgan fingerprint density at radius 3 is 2.57 bits per heavy atom. The maximum absolute atomic E-state index is 16.4. The zero-order valence-corrected chi connectivity index (χ0v) is 24.8. The lowest BCUT2D eigenvalue weighted by molar-refractivity contribution is 0.0201. The summed E-state index contributed by atoms with van der Waals surface area (Å²) in [6.45, 7) is 9.56. The molecular weight excluding hydrogens is 576 g/mol. The van der Waals surface area contributed by atoms with E-state index >= 15 is 8.78 Å². The van der Waals surface area contributed by atoms with Crippen LogP contribution in [0, 0.1) is 11.6 Å². The molecule has 4 aromatic rings. The smallest absolute Gasteiger partial charge is 0.410 e. The van der Waals surface area contributed by atoms with E-state index in [4.69, 9.17) is 9.47 Å². The molecule has 6 rings (SSSR count). The highest BCUT2D eigenvalue weighted by molar-refractivity contribution is 5.96. The third-order valence-corrected chi connectivity index (χ3v) is 7.42. The van der Waals surface area contributed by atoms with Gasteiger partial charge in [-0.3, -0.25) is 4.98 Å². The molecule has 14 heteroatoms. The minimum atomic E-state index is -1.04. The Kier molecular flexibility index (Phi) is 7.09. The minimum Gasteiger partial charge on any atom is -0.507 e. The van der Waals surface area contributed by atoms with Gasteiger partial charge in [0.1, 0.15) is 40.7 Å². The molecule has 0 spiro atoms. The van der Waals surface area contributed by atoms with Crippen molar-refractivity contribution < 1.29 is 28.2 Å². The van der Waals surface area contributed by atoms with Crippen molar-refractivity contribution in [2.75, 3.05) is 31.1 Å². The predicted molar refractivity (Wildman–Crippen MR) is 156 cm³/mol. The number of halogens is 2. The van der Waals surface area contributed by atoms with E-state index in [1.807, 2.05) is 13.8 Å². The van der Waals surface area contributed by atoms with Crippen LogP contribution in [-0.4, -0.2) is 78.5 Å². The van der Waals surface area contributed by atoms with Crippen molar-refractivity contribution in [2.24, 2.45) is 0 Å². The molecule has 1 aromatic carbocycles. The van der Waals surface area contributed by atoms with Gasteiger partial charge in [-0.25, -0.2) is 32.9 Å². The number of carbonyl (C=O) groups is 1. The number of fused-ring (bicyclic) bond motifs is 2. The minimum absolute atomic E-state index is 0.0651. The van der Waals surface area contributed by atoms with E-state index in [1.54, 1.807) is 25.7 Å². The molecule has 0 aliphatic carbocycles. The van der Waals surface area contributed by atoms with Crippen molar-refractivity contribution in [1.82, 2.24) is 29.4 Å². The van der Waals surface area contributed by atoms with Crippen LogP contribution in [-0.2, 0) is 4.74 Å². The number of rotatable bonds is 3. The lowest BCUT2D eigenvalue weighted by atomic mass is 10.1. The molecule has 0 bridgehead atoms. The first-order valence-electron chi connectivity index (χ1n) is 14.2. The SMILES string of the molecule is CC(C)c1nccnc1-n1c(=O)nc2c3c(c(F)c(-c4c(O)cccc4F)nc31)OC[C@H]1CN(C(=O)OC(C)(C)C)CCN21. The van der Waals surface area contributed by atoms with Crippen molar-refractivity contribution >= 4 is 22.9 Å². The van der Waals surface area contributed by atoms with Gasteiger partial charge in [0.25, 0.3) is 0 Å². The van der Waals surface area contributed by atoms with Crippen LogP contribution < -0.4 is 15.3 Å². The molecule has 44 heavy (non-hydrogen) atoms. The summed E-state index contributed by atoms with van der Waals surface area (Å²) < 4.78 is 44.3. The van der Waals surface area contributed by atoms with Crippen molar-refractivity contribution in [3.8, 4) is 28.6 Å². The maximum Gasteiger partial charge on any atom is 0.410 e. The quantitative estimate of drug-likeness (QED) is 0.362. The van der Waals surface area contributed by atoms with Crippen LogP contribution in [0.1, 0.15) is 46.2 Å². The van der Waals surface area contributed by atoms with Crippen LogP contribution in [0.25, 0.3) is 28.1 Å². The first-order chi connectivity index (χ1) is 20.9. The Morgan fingerprint density at radius 2 is 1.86 bits per heavy atom. The lowest BCUT2D eigenvalue weighted by Crippen LogP contribution is -2.57. The Labute approximate surface area is 250 Å². The Balaban J connectivity index is 1.60. The first-order valence-corrected chi connectivity index (χ1v) is 14.2. The number of phenols is 1. The number of aromatic hydroxyl groups is 1. The molecule has 3 aromatic heterocycles. The fourth-order valence-electron chi connectivity index (χ4n) is 5.50. The van der Waals surface area contributed by atoms with E-state index in [0.29, 0.717) is 5.69 Å². The topological polar surface area (TPSA) is 136 Å². The molecule has 1 saturated heterocycles. The van der Waals surface area contributed by atoms with Crippen LogP contribution >= 0.6 is 0 Å². The second-order valence-electron chi connectivity index (χ2n) is 12.0. The number of aromatic nitrogens is 5. The van der Waals surface area contributed by atoms with Crippen LogP contribution in [0.4, 0.5) is 19.4 Å². The number of benzene rings is 1. The molecule has 0 radical (unpaired) electrons. The predicted octanol–water partition coefficient (Wildman–Crippen LogP) is 4.16. The average Bonchev–Trinajstić information content (AvgIpc) is 3.11. The van der Waals surface area contributed by atoms with Crippen molar-refractivity contribution in [3.05, 3.63) is 58.4 Å². The van der Waals surface area contributed by atoms with Gasteiger partial charge in [0.05, 0.1) is 17.3 Å². The van der Waals surface area contributed by atoms with Crippen LogP contribution in [0.15, 0.2) is 35.4 Å². The normalized spacial score (nSPS) is 16.5. The highest BCUT2D eigenvalue weighted by Crippen LogP contribution is 2.43. The zero-order chi connectivity index (χ0) is 31.5. The van der Waals surface area contributed by atoms with Crippen LogP contribution in [0.2, 0.25) is 0 Å². The second-order valence-corrected chi connectivity index (χ2v) is 12.0. The molecule has 0 unspecified atom stereocenters. The summed E-state index contributed by atoms with van der Waals surface area (Å²) in [5.41, 5.74) is -2.19. The third kappa shape index (κ3) is 4.93. The Morgan fingerprint density at radius 1 is 1.11 bits per heavy atom. The molecule has 1 fully saturated rings. The summed E-state index contributed by atoms with van der Waals surface area (Å²) >= 11 is 0. The van der Waals surface area contributed by atoms with Gasteiger partial charge in [-0.1, -0.05) is 19.9 Å². The molecule has 5 heterocycles. The van der Waals surface area contributed by atoms with Crippen LogP contribution in [0.5, 0.6) is 11.5 Å². The Bertz CT molecular complexity index is 1840. The highest BCUT2D eigenvalue weighted by atomic mass is 19.1. The summed E-state index contributed by atoms with van der Waals surface area (Å²) in [4.78, 5) is 47.7. The van der Waals surface area contributed by atoms with Gasteiger partial charge >= 0.3 is 11.8 Å². The van der Waals surface area contributed by atoms with E-state index in [9.17, 15) is 14.7 Å². The van der Waals surface area contributed by atoms with Gasteiger partial charge in [0.15, 0.2) is 23.0 Å². The number of ether oxygens (including phenoxy) is 2. The fraction of sp³-hybridized carbons (Fsp3) is 0.400. The van der Waals surface area contributed by atoms with E-state index < -0.39 is 52.1 Å². The monoisotopic (exact) mass is 607 g/mol. The molecule has 1 N–H and O–H groups in total. The summed E-state index contributed by atoms with van der Waals surface area (Å²) in [6.07, 6.45) is 2.38. The fourth-order valence-corrected chi connectivity index (χ4v) is 5.50. The third-order valence-electron chi connectivity index (χ3n) is 7.42. The zero-order valence-electron chi connectivity index (χ0n) is 24.8. The summed E-state index contributed by atoms with van der Waals surface area (Å²) in [5.74, 6) is -2.79. The van der Waals surface area contributed by atoms with E-state index in [2.05, 4.69) is 19.9 Å². The van der Waals surface area contributed by atoms with Gasteiger partial charge in [-0.05, 0) is 38.8 Å². The molecule has 2 aliphatic rings.